The Morgan fingerprint density at radius 1 is 0.970 bits per heavy atom. The zero-order valence-electron chi connectivity index (χ0n) is 18.4. The number of likely N-dealkylation sites (tertiary alicyclic amines) is 1. The number of rotatable bonds is 8. The fraction of sp³-hybridized carbons (Fsp3) is 0.375. The summed E-state index contributed by atoms with van der Waals surface area (Å²) in [5.41, 5.74) is 1.06. The fourth-order valence-corrected chi connectivity index (χ4v) is 3.54. The Morgan fingerprint density at radius 2 is 1.67 bits per heavy atom. The molecule has 9 heteroatoms. The molecule has 0 amide bonds. The lowest BCUT2D eigenvalue weighted by Crippen LogP contribution is -2.38. The first-order valence-electron chi connectivity index (χ1n) is 11.0. The van der Waals surface area contributed by atoms with E-state index < -0.39 is 11.9 Å². The molecule has 2 aromatic heterocycles. The number of benzene rings is 1. The Bertz CT molecular complexity index is 970. The summed E-state index contributed by atoms with van der Waals surface area (Å²) in [4.78, 5) is 20.7. The third kappa shape index (κ3) is 8.12. The van der Waals surface area contributed by atoms with Crippen LogP contribution in [-0.2, 0) is 9.59 Å². The first-order chi connectivity index (χ1) is 16.0. The maximum Gasteiger partial charge on any atom is 0.414 e. The van der Waals surface area contributed by atoms with E-state index in [1.807, 2.05) is 65.3 Å². The molecule has 0 radical (unpaired) electrons. The van der Waals surface area contributed by atoms with Gasteiger partial charge in [0, 0.05) is 25.4 Å². The highest BCUT2D eigenvalue weighted by molar-refractivity contribution is 6.27. The van der Waals surface area contributed by atoms with Crippen molar-refractivity contribution in [2.45, 2.75) is 31.8 Å². The van der Waals surface area contributed by atoms with Gasteiger partial charge >= 0.3 is 11.9 Å². The van der Waals surface area contributed by atoms with Crippen LogP contribution in [0.2, 0.25) is 0 Å². The monoisotopic (exact) mass is 455 g/mol. The Kier molecular flexibility index (Phi) is 9.08. The minimum Gasteiger partial charge on any atom is -0.490 e. The number of unbranched alkanes of at least 4 members (excludes halogenated alkanes) is 1. The van der Waals surface area contributed by atoms with Crippen molar-refractivity contribution in [1.82, 2.24) is 14.5 Å². The Morgan fingerprint density at radius 3 is 2.33 bits per heavy atom. The lowest BCUT2D eigenvalue weighted by Gasteiger charge is -2.32. The first-order valence-corrected chi connectivity index (χ1v) is 11.0. The minimum atomic E-state index is -1.82. The second-order valence-corrected chi connectivity index (χ2v) is 7.69. The van der Waals surface area contributed by atoms with Crippen LogP contribution >= 0.6 is 0 Å². The molecule has 2 N–H and O–H groups in total. The van der Waals surface area contributed by atoms with Crippen molar-refractivity contribution in [3.63, 3.8) is 0 Å². The molecule has 176 valence electrons. The van der Waals surface area contributed by atoms with Crippen molar-refractivity contribution < 1.29 is 29.3 Å². The number of carboxylic acid groups (broad SMARTS) is 2. The number of piperidine rings is 1. The highest BCUT2D eigenvalue weighted by atomic mass is 16.5. The van der Waals surface area contributed by atoms with E-state index in [0.29, 0.717) is 12.0 Å². The van der Waals surface area contributed by atoms with E-state index in [4.69, 9.17) is 29.3 Å². The number of aliphatic carboxylic acids is 2. The molecular weight excluding hydrogens is 426 g/mol. The number of hydrogen-bond acceptors (Lipinski definition) is 6. The van der Waals surface area contributed by atoms with Crippen molar-refractivity contribution in [2.24, 2.45) is 0 Å². The van der Waals surface area contributed by atoms with Gasteiger partial charge < -0.3 is 24.6 Å². The van der Waals surface area contributed by atoms with Crippen LogP contribution in [0.5, 0.6) is 11.6 Å². The molecule has 1 aromatic carbocycles. The van der Waals surface area contributed by atoms with Gasteiger partial charge in [0.25, 0.3) is 0 Å². The number of carbonyl (C=O) groups is 2. The third-order valence-corrected chi connectivity index (χ3v) is 5.23. The molecule has 0 atom stereocenters. The second kappa shape index (κ2) is 12.4. The summed E-state index contributed by atoms with van der Waals surface area (Å²) in [6.45, 7) is 4.08. The SMILES string of the molecule is O=C(O)C(=O)O.c1ccc(OC2CCN(CCCCOc3cc4ccccn4n3)CC2)cc1. The molecule has 0 bridgehead atoms. The molecule has 3 aromatic rings. The van der Waals surface area contributed by atoms with E-state index in [1.54, 1.807) is 0 Å². The highest BCUT2D eigenvalue weighted by Gasteiger charge is 2.20. The number of hydrogen-bond donors (Lipinski definition) is 2. The lowest BCUT2D eigenvalue weighted by atomic mass is 10.1. The summed E-state index contributed by atoms with van der Waals surface area (Å²) < 4.78 is 13.7. The standard InChI is InChI=1S/C22H27N3O2.C2H2O4/c1-2-9-20(10-3-1)27-21-11-15-24(16-12-21)13-6-7-17-26-22-18-19-8-4-5-14-25(19)23-22;3-1(4)2(5)6/h1-5,8-10,14,18,21H,6-7,11-13,15-17H2;(H,3,4)(H,5,6). The Hall–Kier alpha value is -3.59. The van der Waals surface area contributed by atoms with Crippen LogP contribution in [0.4, 0.5) is 0 Å². The molecular formula is C24H29N3O6. The number of nitrogens with zero attached hydrogens (tertiary/aromatic N) is 3. The average molecular weight is 456 g/mol. The van der Waals surface area contributed by atoms with Crippen LogP contribution in [0, 0.1) is 0 Å². The van der Waals surface area contributed by atoms with Gasteiger partial charge in [0.1, 0.15) is 11.9 Å². The summed E-state index contributed by atoms with van der Waals surface area (Å²) in [5, 5.41) is 19.2. The number of carboxylic acids is 2. The molecule has 1 saturated heterocycles. The molecule has 1 aliphatic heterocycles. The van der Waals surface area contributed by atoms with Crippen LogP contribution in [-0.4, -0.2) is 69.0 Å². The van der Waals surface area contributed by atoms with Gasteiger partial charge in [0.15, 0.2) is 0 Å². The first kappa shape index (κ1) is 24.1. The topological polar surface area (TPSA) is 114 Å². The Balaban J connectivity index is 0.000000454. The van der Waals surface area contributed by atoms with Gasteiger partial charge in [0.05, 0.1) is 12.1 Å². The zero-order valence-corrected chi connectivity index (χ0v) is 18.4. The smallest absolute Gasteiger partial charge is 0.414 e. The molecule has 0 saturated carbocycles. The van der Waals surface area contributed by atoms with Crippen molar-refractivity contribution in [3.05, 3.63) is 60.8 Å². The van der Waals surface area contributed by atoms with E-state index >= 15 is 0 Å². The predicted molar refractivity (Wildman–Crippen MR) is 122 cm³/mol. The summed E-state index contributed by atoms with van der Waals surface area (Å²) in [5.74, 6) is -1.95. The predicted octanol–water partition coefficient (Wildman–Crippen LogP) is 3.19. The van der Waals surface area contributed by atoms with E-state index in [9.17, 15) is 0 Å². The summed E-state index contributed by atoms with van der Waals surface area (Å²) >= 11 is 0. The van der Waals surface area contributed by atoms with Gasteiger partial charge in [-0.2, -0.15) is 0 Å². The molecule has 1 aliphatic rings. The highest BCUT2D eigenvalue weighted by Crippen LogP contribution is 2.19. The second-order valence-electron chi connectivity index (χ2n) is 7.69. The largest absolute Gasteiger partial charge is 0.490 e. The zero-order chi connectivity index (χ0) is 23.5. The molecule has 0 spiro atoms. The van der Waals surface area contributed by atoms with Gasteiger partial charge in [-0.1, -0.05) is 24.3 Å². The maximum atomic E-state index is 9.10. The minimum absolute atomic E-state index is 0.349. The number of aromatic nitrogens is 2. The molecule has 9 nitrogen and oxygen atoms in total. The molecule has 0 unspecified atom stereocenters. The number of ether oxygens (including phenoxy) is 2. The maximum absolute atomic E-state index is 9.10. The molecule has 3 heterocycles. The van der Waals surface area contributed by atoms with Crippen LogP contribution < -0.4 is 9.47 Å². The molecule has 33 heavy (non-hydrogen) atoms. The van der Waals surface area contributed by atoms with Crippen LogP contribution in [0.15, 0.2) is 60.8 Å². The summed E-state index contributed by atoms with van der Waals surface area (Å²) in [6.07, 6.45) is 6.69. The van der Waals surface area contributed by atoms with E-state index in [0.717, 1.165) is 63.2 Å². The lowest BCUT2D eigenvalue weighted by molar-refractivity contribution is -0.159. The van der Waals surface area contributed by atoms with E-state index in [-0.39, 0.29) is 0 Å². The fourth-order valence-electron chi connectivity index (χ4n) is 3.54. The quantitative estimate of drug-likeness (QED) is 0.393. The van der Waals surface area contributed by atoms with Crippen molar-refractivity contribution >= 4 is 17.5 Å². The van der Waals surface area contributed by atoms with Crippen LogP contribution in [0.3, 0.4) is 0 Å². The van der Waals surface area contributed by atoms with Gasteiger partial charge in [-0.3, -0.25) is 0 Å². The molecule has 4 rings (SSSR count). The van der Waals surface area contributed by atoms with Gasteiger partial charge in [0.2, 0.25) is 5.88 Å². The Labute approximate surface area is 192 Å². The van der Waals surface area contributed by atoms with Crippen LogP contribution in [0.1, 0.15) is 25.7 Å². The van der Waals surface area contributed by atoms with Gasteiger partial charge in [-0.05, 0) is 56.5 Å². The van der Waals surface area contributed by atoms with E-state index in [2.05, 4.69) is 10.00 Å². The summed E-state index contributed by atoms with van der Waals surface area (Å²) in [6, 6.07) is 18.1. The number of para-hydroxylation sites is 1. The van der Waals surface area contributed by atoms with Gasteiger partial charge in [-0.25, -0.2) is 14.1 Å². The van der Waals surface area contributed by atoms with Crippen LogP contribution in [0.25, 0.3) is 5.52 Å². The van der Waals surface area contributed by atoms with Gasteiger partial charge in [-0.15, -0.1) is 5.10 Å². The third-order valence-electron chi connectivity index (χ3n) is 5.23. The van der Waals surface area contributed by atoms with Crippen molar-refractivity contribution in [3.8, 4) is 11.6 Å². The normalized spacial score (nSPS) is 14.3. The summed E-state index contributed by atoms with van der Waals surface area (Å²) in [7, 11) is 0. The molecule has 1 fully saturated rings. The molecule has 0 aliphatic carbocycles. The number of pyridine rings is 1. The van der Waals surface area contributed by atoms with Crippen molar-refractivity contribution in [1.29, 1.82) is 0 Å². The van der Waals surface area contributed by atoms with Crippen molar-refractivity contribution in [2.75, 3.05) is 26.2 Å². The average Bonchev–Trinajstić information content (AvgIpc) is 3.24. The van der Waals surface area contributed by atoms with E-state index in [1.165, 1.54) is 0 Å². The number of fused-ring (bicyclic) bond motifs is 1.